The van der Waals surface area contributed by atoms with Gasteiger partial charge in [0.25, 0.3) is 5.91 Å². The number of amides is 2. The molecule has 3 rings (SSSR count). The van der Waals surface area contributed by atoms with E-state index in [0.717, 1.165) is 37.4 Å². The molecule has 5 nitrogen and oxygen atoms in total. The maximum Gasteiger partial charge on any atom is 0.265 e. The van der Waals surface area contributed by atoms with Gasteiger partial charge in [-0.1, -0.05) is 12.1 Å². The van der Waals surface area contributed by atoms with Crippen molar-refractivity contribution in [2.45, 2.75) is 25.7 Å². The van der Waals surface area contributed by atoms with Crippen molar-refractivity contribution in [2.24, 2.45) is 0 Å². The van der Waals surface area contributed by atoms with E-state index in [0.29, 0.717) is 19.4 Å². The molecule has 0 atom stereocenters. The summed E-state index contributed by atoms with van der Waals surface area (Å²) in [5, 5.41) is 0. The number of likely N-dealkylation sites (tertiary alicyclic amines) is 1. The van der Waals surface area contributed by atoms with Crippen LogP contribution in [-0.4, -0.2) is 43.0 Å². The molecule has 0 aliphatic carbocycles. The second-order valence-corrected chi connectivity index (χ2v) is 5.49. The van der Waals surface area contributed by atoms with Gasteiger partial charge in [-0.05, 0) is 31.4 Å². The molecule has 0 N–H and O–H groups in total. The minimum atomic E-state index is -0.0395. The fourth-order valence-corrected chi connectivity index (χ4v) is 2.91. The Morgan fingerprint density at radius 3 is 2.76 bits per heavy atom. The van der Waals surface area contributed by atoms with E-state index >= 15 is 0 Å². The van der Waals surface area contributed by atoms with Gasteiger partial charge in [0.15, 0.2) is 6.61 Å². The standard InChI is InChI=1S/C16H20N2O3/c19-15(17-9-3-4-10-17)8-5-11-18-13-6-1-2-7-14(13)21-12-16(18)20/h1-2,6-7H,3-5,8-12H2. The van der Waals surface area contributed by atoms with Gasteiger partial charge < -0.3 is 14.5 Å². The van der Waals surface area contributed by atoms with Gasteiger partial charge >= 0.3 is 0 Å². The smallest absolute Gasteiger partial charge is 0.265 e. The number of para-hydroxylation sites is 2. The molecule has 1 fully saturated rings. The molecule has 0 spiro atoms. The molecule has 1 aromatic carbocycles. The van der Waals surface area contributed by atoms with Crippen LogP contribution in [0, 0.1) is 0 Å². The first-order chi connectivity index (χ1) is 10.3. The van der Waals surface area contributed by atoms with Gasteiger partial charge in [0.1, 0.15) is 5.75 Å². The Labute approximate surface area is 124 Å². The molecule has 112 valence electrons. The molecule has 21 heavy (non-hydrogen) atoms. The minimum Gasteiger partial charge on any atom is -0.482 e. The average Bonchev–Trinajstić information content (AvgIpc) is 3.04. The van der Waals surface area contributed by atoms with Gasteiger partial charge in [0, 0.05) is 26.1 Å². The number of carbonyl (C=O) groups excluding carboxylic acids is 2. The highest BCUT2D eigenvalue weighted by Crippen LogP contribution is 2.31. The largest absolute Gasteiger partial charge is 0.482 e. The molecule has 0 aromatic heterocycles. The lowest BCUT2D eigenvalue weighted by Gasteiger charge is -2.29. The summed E-state index contributed by atoms with van der Waals surface area (Å²) >= 11 is 0. The third-order valence-corrected chi connectivity index (χ3v) is 4.04. The molecule has 2 aliphatic rings. The highest BCUT2D eigenvalue weighted by Gasteiger charge is 2.25. The van der Waals surface area contributed by atoms with Crippen molar-refractivity contribution < 1.29 is 14.3 Å². The van der Waals surface area contributed by atoms with E-state index in [9.17, 15) is 9.59 Å². The van der Waals surface area contributed by atoms with Crippen molar-refractivity contribution in [3.05, 3.63) is 24.3 Å². The van der Waals surface area contributed by atoms with Crippen LogP contribution < -0.4 is 9.64 Å². The third-order valence-electron chi connectivity index (χ3n) is 4.04. The normalized spacial score (nSPS) is 17.6. The fraction of sp³-hybridized carbons (Fsp3) is 0.500. The zero-order chi connectivity index (χ0) is 14.7. The number of ether oxygens (including phenoxy) is 1. The first kappa shape index (κ1) is 13.9. The van der Waals surface area contributed by atoms with E-state index < -0.39 is 0 Å². The van der Waals surface area contributed by atoms with E-state index in [1.165, 1.54) is 0 Å². The number of fused-ring (bicyclic) bond motifs is 1. The van der Waals surface area contributed by atoms with Crippen LogP contribution in [0.3, 0.4) is 0 Å². The van der Waals surface area contributed by atoms with Crippen molar-refractivity contribution in [2.75, 3.05) is 31.1 Å². The van der Waals surface area contributed by atoms with Crippen LogP contribution in [-0.2, 0) is 9.59 Å². The van der Waals surface area contributed by atoms with Crippen molar-refractivity contribution in [3.63, 3.8) is 0 Å². The summed E-state index contributed by atoms with van der Waals surface area (Å²) in [5.41, 5.74) is 0.808. The quantitative estimate of drug-likeness (QED) is 0.849. The number of hydrogen-bond donors (Lipinski definition) is 0. The van der Waals surface area contributed by atoms with Gasteiger partial charge in [-0.15, -0.1) is 0 Å². The maximum atomic E-state index is 12.0. The summed E-state index contributed by atoms with van der Waals surface area (Å²) < 4.78 is 5.41. The van der Waals surface area contributed by atoms with Gasteiger partial charge in [-0.25, -0.2) is 0 Å². The lowest BCUT2D eigenvalue weighted by molar-refractivity contribution is -0.130. The Kier molecular flexibility index (Phi) is 4.08. The predicted molar refractivity (Wildman–Crippen MR) is 79.3 cm³/mol. The van der Waals surface area contributed by atoms with Gasteiger partial charge in [-0.2, -0.15) is 0 Å². The number of hydrogen-bond acceptors (Lipinski definition) is 3. The van der Waals surface area contributed by atoms with E-state index in [4.69, 9.17) is 4.74 Å². The van der Waals surface area contributed by atoms with E-state index in [1.54, 1.807) is 4.90 Å². The summed E-state index contributed by atoms with van der Waals surface area (Å²) in [6.07, 6.45) is 3.42. The van der Waals surface area contributed by atoms with Crippen LogP contribution in [0.4, 0.5) is 5.69 Å². The van der Waals surface area contributed by atoms with E-state index in [1.807, 2.05) is 29.2 Å². The van der Waals surface area contributed by atoms with Crippen molar-refractivity contribution in [3.8, 4) is 5.75 Å². The Morgan fingerprint density at radius 2 is 1.95 bits per heavy atom. The molecule has 0 bridgehead atoms. The Morgan fingerprint density at radius 1 is 1.19 bits per heavy atom. The van der Waals surface area contributed by atoms with Gasteiger partial charge in [0.2, 0.25) is 5.91 Å². The topological polar surface area (TPSA) is 49.9 Å². The molecule has 2 amide bonds. The Bertz CT molecular complexity index is 538. The number of anilines is 1. The number of benzene rings is 1. The van der Waals surface area contributed by atoms with Crippen molar-refractivity contribution in [1.82, 2.24) is 4.90 Å². The van der Waals surface area contributed by atoms with E-state index in [2.05, 4.69) is 0 Å². The van der Waals surface area contributed by atoms with Crippen LogP contribution in [0.1, 0.15) is 25.7 Å². The molecule has 2 heterocycles. The van der Waals surface area contributed by atoms with Crippen LogP contribution in [0.5, 0.6) is 5.75 Å². The zero-order valence-corrected chi connectivity index (χ0v) is 12.1. The summed E-state index contributed by atoms with van der Waals surface area (Å²) in [6.45, 7) is 2.42. The summed E-state index contributed by atoms with van der Waals surface area (Å²) in [7, 11) is 0. The van der Waals surface area contributed by atoms with Gasteiger partial charge in [0.05, 0.1) is 5.69 Å². The van der Waals surface area contributed by atoms with Crippen molar-refractivity contribution >= 4 is 17.5 Å². The van der Waals surface area contributed by atoms with Crippen LogP contribution in [0.15, 0.2) is 24.3 Å². The van der Waals surface area contributed by atoms with Gasteiger partial charge in [-0.3, -0.25) is 9.59 Å². The molecule has 1 saturated heterocycles. The summed E-state index contributed by atoms with van der Waals surface area (Å²) in [4.78, 5) is 27.7. The maximum absolute atomic E-state index is 12.0. The molecule has 0 radical (unpaired) electrons. The molecule has 5 heteroatoms. The number of rotatable bonds is 4. The highest BCUT2D eigenvalue weighted by atomic mass is 16.5. The SMILES string of the molecule is O=C(CCCN1C(=O)COc2ccccc21)N1CCCC1. The summed E-state index contributed by atoms with van der Waals surface area (Å²) in [5.74, 6) is 0.909. The lowest BCUT2D eigenvalue weighted by Crippen LogP contribution is -2.39. The van der Waals surface area contributed by atoms with Crippen LogP contribution in [0.2, 0.25) is 0 Å². The average molecular weight is 288 g/mol. The molecule has 2 aliphatic heterocycles. The first-order valence-corrected chi connectivity index (χ1v) is 7.56. The number of nitrogens with zero attached hydrogens (tertiary/aromatic N) is 2. The molecule has 0 unspecified atom stereocenters. The first-order valence-electron chi connectivity index (χ1n) is 7.56. The highest BCUT2D eigenvalue weighted by molar-refractivity contribution is 5.97. The fourth-order valence-electron chi connectivity index (χ4n) is 2.91. The van der Waals surface area contributed by atoms with Crippen LogP contribution in [0.25, 0.3) is 0 Å². The molecule has 1 aromatic rings. The summed E-state index contributed by atoms with van der Waals surface area (Å²) in [6, 6.07) is 7.53. The zero-order valence-electron chi connectivity index (χ0n) is 12.1. The molecule has 0 saturated carbocycles. The lowest BCUT2D eigenvalue weighted by atomic mass is 10.2. The Balaban J connectivity index is 1.57. The second-order valence-electron chi connectivity index (χ2n) is 5.49. The van der Waals surface area contributed by atoms with Crippen molar-refractivity contribution in [1.29, 1.82) is 0 Å². The monoisotopic (exact) mass is 288 g/mol. The minimum absolute atomic E-state index is 0.0395. The predicted octanol–water partition coefficient (Wildman–Crippen LogP) is 1.81. The third kappa shape index (κ3) is 3.01. The molecular formula is C16H20N2O3. The number of carbonyl (C=O) groups is 2. The second kappa shape index (κ2) is 6.16. The van der Waals surface area contributed by atoms with E-state index in [-0.39, 0.29) is 18.4 Å². The Hall–Kier alpha value is -2.04. The molecular weight excluding hydrogens is 268 g/mol. The van der Waals surface area contributed by atoms with Crippen LogP contribution >= 0.6 is 0 Å².